The first-order valence-corrected chi connectivity index (χ1v) is 8.52. The summed E-state index contributed by atoms with van der Waals surface area (Å²) in [6, 6.07) is 12.1. The van der Waals surface area contributed by atoms with Crippen LogP contribution in [0.25, 0.3) is 0 Å². The maximum absolute atomic E-state index is 12.3. The minimum Gasteiger partial charge on any atom is -0.493 e. The molecule has 0 heterocycles. The average Bonchev–Trinajstić information content (AvgIpc) is 2.61. The van der Waals surface area contributed by atoms with E-state index in [-0.39, 0.29) is 11.9 Å². The van der Waals surface area contributed by atoms with Gasteiger partial charge >= 0.3 is 0 Å². The first-order chi connectivity index (χ1) is 11.9. The average molecular weight is 341 g/mol. The molecule has 2 rings (SSSR count). The van der Waals surface area contributed by atoms with E-state index in [0.29, 0.717) is 24.3 Å². The quantitative estimate of drug-likeness (QED) is 0.824. The van der Waals surface area contributed by atoms with Gasteiger partial charge in [0.15, 0.2) is 11.5 Å². The monoisotopic (exact) mass is 341 g/mol. The van der Waals surface area contributed by atoms with Gasteiger partial charge in [-0.3, -0.25) is 4.79 Å². The lowest BCUT2D eigenvalue weighted by atomic mass is 9.99. The Hall–Kier alpha value is -2.49. The van der Waals surface area contributed by atoms with Crippen molar-refractivity contribution in [2.24, 2.45) is 0 Å². The molecule has 0 aromatic heterocycles. The van der Waals surface area contributed by atoms with Gasteiger partial charge in [0.25, 0.3) is 0 Å². The molecule has 0 aliphatic heterocycles. The van der Waals surface area contributed by atoms with Crippen molar-refractivity contribution in [1.29, 1.82) is 0 Å². The first-order valence-electron chi connectivity index (χ1n) is 8.52. The number of carbonyl (C=O) groups is 1. The Morgan fingerprint density at radius 1 is 1.04 bits per heavy atom. The molecule has 134 valence electrons. The standard InChI is InChI=1S/C21H27NO3/c1-14-6-7-15(2)18(12-14)16(3)22-21(23)11-9-17-8-10-19(24-4)20(13-17)25-5/h6-8,10,12-13,16H,9,11H2,1-5H3,(H,22,23). The number of benzene rings is 2. The summed E-state index contributed by atoms with van der Waals surface area (Å²) in [6.07, 6.45) is 1.09. The predicted molar refractivity (Wildman–Crippen MR) is 100 cm³/mol. The van der Waals surface area contributed by atoms with Crippen LogP contribution in [0, 0.1) is 13.8 Å². The second kappa shape index (κ2) is 8.56. The summed E-state index contributed by atoms with van der Waals surface area (Å²) in [5, 5.41) is 3.09. The molecule has 0 spiro atoms. The van der Waals surface area contributed by atoms with Crippen LogP contribution in [0.1, 0.15) is 41.6 Å². The van der Waals surface area contributed by atoms with Gasteiger partial charge in [-0.25, -0.2) is 0 Å². The smallest absolute Gasteiger partial charge is 0.220 e. The SMILES string of the molecule is COc1ccc(CCC(=O)NC(C)c2cc(C)ccc2C)cc1OC. The lowest BCUT2D eigenvalue weighted by Gasteiger charge is -2.17. The van der Waals surface area contributed by atoms with Crippen LogP contribution in [0.4, 0.5) is 0 Å². The van der Waals surface area contributed by atoms with Gasteiger partial charge < -0.3 is 14.8 Å². The maximum atomic E-state index is 12.3. The van der Waals surface area contributed by atoms with Crippen LogP contribution in [0.2, 0.25) is 0 Å². The highest BCUT2D eigenvalue weighted by atomic mass is 16.5. The Morgan fingerprint density at radius 3 is 2.44 bits per heavy atom. The largest absolute Gasteiger partial charge is 0.493 e. The number of ether oxygens (including phenoxy) is 2. The molecule has 0 radical (unpaired) electrons. The summed E-state index contributed by atoms with van der Waals surface area (Å²) in [6.45, 7) is 6.16. The molecule has 0 saturated heterocycles. The molecular formula is C21H27NO3. The third-order valence-corrected chi connectivity index (χ3v) is 4.37. The van der Waals surface area contributed by atoms with Crippen molar-refractivity contribution >= 4 is 5.91 Å². The van der Waals surface area contributed by atoms with E-state index >= 15 is 0 Å². The van der Waals surface area contributed by atoms with Gasteiger partial charge in [0.1, 0.15) is 0 Å². The lowest BCUT2D eigenvalue weighted by Crippen LogP contribution is -2.27. The zero-order valence-electron chi connectivity index (χ0n) is 15.7. The number of carbonyl (C=O) groups excluding carboxylic acids is 1. The Balaban J connectivity index is 1.95. The van der Waals surface area contributed by atoms with Gasteiger partial charge in [-0.1, -0.05) is 29.8 Å². The Labute approximate surface area is 150 Å². The molecule has 2 aromatic carbocycles. The molecule has 2 aromatic rings. The van der Waals surface area contributed by atoms with Crippen LogP contribution in [0.5, 0.6) is 11.5 Å². The van der Waals surface area contributed by atoms with E-state index in [1.54, 1.807) is 14.2 Å². The van der Waals surface area contributed by atoms with Crippen molar-refractivity contribution in [2.75, 3.05) is 14.2 Å². The molecule has 4 nitrogen and oxygen atoms in total. The van der Waals surface area contributed by atoms with Crippen LogP contribution in [-0.4, -0.2) is 20.1 Å². The van der Waals surface area contributed by atoms with Crippen molar-refractivity contribution in [3.8, 4) is 11.5 Å². The number of hydrogen-bond donors (Lipinski definition) is 1. The van der Waals surface area contributed by atoms with Gasteiger partial charge in [0.05, 0.1) is 20.3 Å². The van der Waals surface area contributed by atoms with E-state index in [9.17, 15) is 4.79 Å². The molecule has 0 fully saturated rings. The highest BCUT2D eigenvalue weighted by Gasteiger charge is 2.12. The van der Waals surface area contributed by atoms with E-state index in [1.807, 2.05) is 25.1 Å². The summed E-state index contributed by atoms with van der Waals surface area (Å²) in [7, 11) is 3.22. The number of nitrogens with one attached hydrogen (secondary N) is 1. The molecule has 0 saturated carbocycles. The van der Waals surface area contributed by atoms with Gasteiger partial charge in [-0.15, -0.1) is 0 Å². The number of amides is 1. The van der Waals surface area contributed by atoms with Crippen LogP contribution < -0.4 is 14.8 Å². The summed E-state index contributed by atoms with van der Waals surface area (Å²) in [5.74, 6) is 1.42. The molecule has 1 unspecified atom stereocenters. The molecular weight excluding hydrogens is 314 g/mol. The zero-order chi connectivity index (χ0) is 18.4. The van der Waals surface area contributed by atoms with E-state index in [2.05, 4.69) is 37.4 Å². The number of aryl methyl sites for hydroxylation is 3. The molecule has 25 heavy (non-hydrogen) atoms. The van der Waals surface area contributed by atoms with Crippen LogP contribution >= 0.6 is 0 Å². The third-order valence-electron chi connectivity index (χ3n) is 4.37. The van der Waals surface area contributed by atoms with E-state index < -0.39 is 0 Å². The van der Waals surface area contributed by atoms with Crippen molar-refractivity contribution in [1.82, 2.24) is 5.32 Å². The zero-order valence-corrected chi connectivity index (χ0v) is 15.7. The van der Waals surface area contributed by atoms with Gasteiger partial charge in [-0.05, 0) is 56.0 Å². The van der Waals surface area contributed by atoms with Gasteiger partial charge in [0, 0.05) is 6.42 Å². The molecule has 4 heteroatoms. The maximum Gasteiger partial charge on any atom is 0.220 e. The normalized spacial score (nSPS) is 11.7. The van der Waals surface area contributed by atoms with Crippen LogP contribution in [0.3, 0.4) is 0 Å². The summed E-state index contributed by atoms with van der Waals surface area (Å²) in [4.78, 5) is 12.3. The Kier molecular flexibility index (Phi) is 6.45. The fourth-order valence-electron chi connectivity index (χ4n) is 2.91. The minimum absolute atomic E-state index is 0.00203. The van der Waals surface area contributed by atoms with Crippen molar-refractivity contribution in [2.45, 2.75) is 39.7 Å². The number of rotatable bonds is 7. The number of methoxy groups -OCH3 is 2. The van der Waals surface area contributed by atoms with Crippen LogP contribution in [-0.2, 0) is 11.2 Å². The summed E-state index contributed by atoms with van der Waals surface area (Å²) in [5.41, 5.74) is 4.61. The van der Waals surface area contributed by atoms with Crippen molar-refractivity contribution in [3.63, 3.8) is 0 Å². The molecule has 0 bridgehead atoms. The molecule has 0 aliphatic carbocycles. The summed E-state index contributed by atoms with van der Waals surface area (Å²) >= 11 is 0. The lowest BCUT2D eigenvalue weighted by molar-refractivity contribution is -0.121. The Morgan fingerprint density at radius 2 is 1.76 bits per heavy atom. The van der Waals surface area contributed by atoms with Gasteiger partial charge in [-0.2, -0.15) is 0 Å². The van der Waals surface area contributed by atoms with E-state index in [0.717, 1.165) is 5.56 Å². The molecule has 1 N–H and O–H groups in total. The van der Waals surface area contributed by atoms with Gasteiger partial charge in [0.2, 0.25) is 5.91 Å². The van der Waals surface area contributed by atoms with Crippen molar-refractivity contribution < 1.29 is 14.3 Å². The fourth-order valence-corrected chi connectivity index (χ4v) is 2.91. The fraction of sp³-hybridized carbons (Fsp3) is 0.381. The van der Waals surface area contributed by atoms with Crippen LogP contribution in [0.15, 0.2) is 36.4 Å². The summed E-state index contributed by atoms with van der Waals surface area (Å²) < 4.78 is 10.5. The highest BCUT2D eigenvalue weighted by Crippen LogP contribution is 2.28. The third kappa shape index (κ3) is 4.99. The Bertz CT molecular complexity index is 740. The molecule has 0 aliphatic rings. The first kappa shape index (κ1) is 18.8. The second-order valence-electron chi connectivity index (χ2n) is 6.34. The second-order valence-corrected chi connectivity index (χ2v) is 6.34. The molecule has 1 atom stereocenters. The highest BCUT2D eigenvalue weighted by molar-refractivity contribution is 5.76. The molecule has 1 amide bonds. The minimum atomic E-state index is -0.00203. The van der Waals surface area contributed by atoms with E-state index in [4.69, 9.17) is 9.47 Å². The topological polar surface area (TPSA) is 47.6 Å². The number of hydrogen-bond acceptors (Lipinski definition) is 3. The van der Waals surface area contributed by atoms with E-state index in [1.165, 1.54) is 16.7 Å². The predicted octanol–water partition coefficient (Wildman–Crippen LogP) is 4.13. The van der Waals surface area contributed by atoms with Crippen molar-refractivity contribution in [3.05, 3.63) is 58.7 Å².